The average Bonchev–Trinajstić information content (AvgIpc) is 2.96. The lowest BCUT2D eigenvalue weighted by molar-refractivity contribution is -0.144. The summed E-state index contributed by atoms with van der Waals surface area (Å²) in [6, 6.07) is 4.00. The number of carbonyl (C=O) groups is 1. The number of methoxy groups -OCH3 is 1. The highest BCUT2D eigenvalue weighted by Crippen LogP contribution is 2.29. The van der Waals surface area contributed by atoms with Crippen molar-refractivity contribution in [2.24, 2.45) is 0 Å². The lowest BCUT2D eigenvalue weighted by Crippen LogP contribution is -2.41. The van der Waals surface area contributed by atoms with Crippen LogP contribution >= 0.6 is 0 Å². The number of halogens is 1. The van der Waals surface area contributed by atoms with E-state index >= 15 is 0 Å². The lowest BCUT2D eigenvalue weighted by Gasteiger charge is -2.22. The second-order valence-corrected chi connectivity index (χ2v) is 6.38. The van der Waals surface area contributed by atoms with Crippen LogP contribution in [0.4, 0.5) is 4.39 Å². The maximum absolute atomic E-state index is 13.6. The molecule has 1 aliphatic rings. The number of esters is 1. The predicted octanol–water partition coefficient (Wildman–Crippen LogP) is 1.02. The maximum atomic E-state index is 13.6. The minimum atomic E-state index is -4.14. The molecule has 0 radical (unpaired) electrons. The van der Waals surface area contributed by atoms with E-state index in [0.29, 0.717) is 12.8 Å². The van der Waals surface area contributed by atoms with Gasteiger partial charge in [0.15, 0.2) is 0 Å². The van der Waals surface area contributed by atoms with Crippen molar-refractivity contribution in [1.82, 2.24) is 4.31 Å². The molecule has 1 aliphatic heterocycles. The van der Waals surface area contributed by atoms with Crippen molar-refractivity contribution in [3.8, 4) is 6.07 Å². The highest BCUT2D eigenvalue weighted by Gasteiger charge is 2.41. The molecule has 1 atom stereocenters. The van der Waals surface area contributed by atoms with Crippen molar-refractivity contribution in [3.63, 3.8) is 0 Å². The normalized spacial score (nSPS) is 19.2. The van der Waals surface area contributed by atoms with Crippen LogP contribution < -0.4 is 0 Å². The zero-order chi connectivity index (χ0) is 15.6. The van der Waals surface area contributed by atoms with Gasteiger partial charge >= 0.3 is 5.97 Å². The number of hydrogen-bond donors (Lipinski definition) is 0. The molecule has 1 aromatic rings. The van der Waals surface area contributed by atoms with Crippen molar-refractivity contribution >= 4 is 16.0 Å². The number of carbonyl (C=O) groups excluding carboxylic acids is 1. The molecule has 1 unspecified atom stereocenters. The molecule has 0 saturated carbocycles. The third kappa shape index (κ3) is 2.62. The summed E-state index contributed by atoms with van der Waals surface area (Å²) < 4.78 is 44.3. The second kappa shape index (κ2) is 5.79. The summed E-state index contributed by atoms with van der Waals surface area (Å²) in [5, 5.41) is 8.96. The van der Waals surface area contributed by atoms with E-state index in [-0.39, 0.29) is 6.54 Å². The molecule has 1 aromatic carbocycles. The van der Waals surface area contributed by atoms with Gasteiger partial charge in [-0.3, -0.25) is 4.79 Å². The molecule has 1 heterocycles. The van der Waals surface area contributed by atoms with E-state index in [2.05, 4.69) is 4.74 Å². The molecule has 0 N–H and O–H groups in total. The highest BCUT2D eigenvalue weighted by molar-refractivity contribution is 7.89. The van der Waals surface area contributed by atoms with Crippen LogP contribution in [-0.4, -0.2) is 38.4 Å². The molecule has 0 amide bonds. The Hall–Kier alpha value is -1.98. The van der Waals surface area contributed by atoms with Crippen LogP contribution in [-0.2, 0) is 19.6 Å². The van der Waals surface area contributed by atoms with Gasteiger partial charge in [0, 0.05) is 6.54 Å². The van der Waals surface area contributed by atoms with Crippen molar-refractivity contribution in [2.45, 2.75) is 23.8 Å². The minimum absolute atomic E-state index is 0.128. The van der Waals surface area contributed by atoms with Crippen LogP contribution in [0.5, 0.6) is 0 Å². The Morgan fingerprint density at radius 1 is 1.52 bits per heavy atom. The topological polar surface area (TPSA) is 87.5 Å². The quantitative estimate of drug-likeness (QED) is 0.778. The molecule has 1 fully saturated rings. The fourth-order valence-corrected chi connectivity index (χ4v) is 4.15. The first kappa shape index (κ1) is 15.4. The van der Waals surface area contributed by atoms with E-state index in [4.69, 9.17) is 5.26 Å². The van der Waals surface area contributed by atoms with Crippen LogP contribution in [0.15, 0.2) is 23.1 Å². The summed E-state index contributed by atoms with van der Waals surface area (Å²) in [6.45, 7) is 0.128. The van der Waals surface area contributed by atoms with Crippen LogP contribution in [0.25, 0.3) is 0 Å². The summed E-state index contributed by atoms with van der Waals surface area (Å²) in [6.07, 6.45) is 0.833. The SMILES string of the molecule is COC(=O)C1CCCN1S(=O)(=O)c1cccc(F)c1C#N. The molecule has 0 bridgehead atoms. The maximum Gasteiger partial charge on any atom is 0.324 e. The fourth-order valence-electron chi connectivity index (χ4n) is 2.35. The number of sulfonamides is 1. The molecule has 0 aliphatic carbocycles. The first-order chi connectivity index (χ1) is 9.93. The van der Waals surface area contributed by atoms with Gasteiger partial charge in [0.25, 0.3) is 0 Å². The number of rotatable bonds is 3. The molecule has 1 saturated heterocycles. The Bertz CT molecular complexity index is 711. The minimum Gasteiger partial charge on any atom is -0.468 e. The molecule has 112 valence electrons. The van der Waals surface area contributed by atoms with E-state index in [9.17, 15) is 17.6 Å². The molecule has 0 aromatic heterocycles. The van der Waals surface area contributed by atoms with Crippen molar-refractivity contribution in [1.29, 1.82) is 5.26 Å². The summed E-state index contributed by atoms with van der Waals surface area (Å²) in [5.41, 5.74) is -0.548. The van der Waals surface area contributed by atoms with Gasteiger partial charge < -0.3 is 4.74 Å². The van der Waals surface area contributed by atoms with Gasteiger partial charge in [0.05, 0.1) is 7.11 Å². The molecule has 8 heteroatoms. The van der Waals surface area contributed by atoms with E-state index in [0.717, 1.165) is 16.4 Å². The lowest BCUT2D eigenvalue weighted by atomic mass is 10.2. The largest absolute Gasteiger partial charge is 0.468 e. The Labute approximate surface area is 121 Å². The van der Waals surface area contributed by atoms with Crippen molar-refractivity contribution < 1.29 is 22.3 Å². The van der Waals surface area contributed by atoms with Crippen LogP contribution in [0.3, 0.4) is 0 Å². The number of hydrogen-bond acceptors (Lipinski definition) is 5. The first-order valence-corrected chi connectivity index (χ1v) is 7.65. The Balaban J connectivity index is 2.51. The monoisotopic (exact) mass is 312 g/mol. The van der Waals surface area contributed by atoms with Crippen LogP contribution in [0, 0.1) is 17.1 Å². The van der Waals surface area contributed by atoms with Crippen LogP contribution in [0.1, 0.15) is 18.4 Å². The third-order valence-corrected chi connectivity index (χ3v) is 5.30. The van der Waals surface area contributed by atoms with E-state index in [1.54, 1.807) is 6.07 Å². The van der Waals surface area contributed by atoms with Crippen LogP contribution in [0.2, 0.25) is 0 Å². The molecule has 0 spiro atoms. The zero-order valence-electron chi connectivity index (χ0n) is 11.2. The molecule has 6 nitrogen and oxygen atoms in total. The Morgan fingerprint density at radius 3 is 2.86 bits per heavy atom. The van der Waals surface area contributed by atoms with Gasteiger partial charge in [-0.2, -0.15) is 9.57 Å². The van der Waals surface area contributed by atoms with E-state index in [1.807, 2.05) is 0 Å². The van der Waals surface area contributed by atoms with Crippen molar-refractivity contribution in [2.75, 3.05) is 13.7 Å². The summed E-state index contributed by atoms with van der Waals surface area (Å²) >= 11 is 0. The molecular formula is C13H13FN2O4S. The third-order valence-electron chi connectivity index (χ3n) is 3.35. The predicted molar refractivity (Wildman–Crippen MR) is 70.0 cm³/mol. The average molecular weight is 312 g/mol. The standard InChI is InChI=1S/C13H13FN2O4S/c1-20-13(17)11-5-3-7-16(11)21(18,19)12-6-2-4-10(14)9(12)8-15/h2,4,6,11H,3,5,7H2,1H3. The van der Waals surface area contributed by atoms with E-state index < -0.39 is 38.3 Å². The molecular weight excluding hydrogens is 299 g/mol. The van der Waals surface area contributed by atoms with Gasteiger partial charge in [-0.25, -0.2) is 12.8 Å². The number of nitrogens with zero attached hydrogens (tertiary/aromatic N) is 2. The van der Waals surface area contributed by atoms with Gasteiger partial charge in [-0.05, 0) is 25.0 Å². The fraction of sp³-hybridized carbons (Fsp3) is 0.385. The van der Waals surface area contributed by atoms with Gasteiger partial charge in [-0.15, -0.1) is 0 Å². The first-order valence-electron chi connectivity index (χ1n) is 6.21. The molecule has 2 rings (SSSR count). The van der Waals surface area contributed by atoms with Gasteiger partial charge in [0.1, 0.15) is 28.4 Å². The smallest absolute Gasteiger partial charge is 0.324 e. The summed E-state index contributed by atoms with van der Waals surface area (Å²) in [4.78, 5) is 11.2. The second-order valence-electron chi connectivity index (χ2n) is 4.52. The van der Waals surface area contributed by atoms with Gasteiger partial charge in [0.2, 0.25) is 10.0 Å². The number of ether oxygens (including phenoxy) is 1. The van der Waals surface area contributed by atoms with Gasteiger partial charge in [-0.1, -0.05) is 6.07 Å². The number of benzene rings is 1. The zero-order valence-corrected chi connectivity index (χ0v) is 12.1. The highest BCUT2D eigenvalue weighted by atomic mass is 32.2. The summed E-state index contributed by atoms with van der Waals surface area (Å²) in [5.74, 6) is -1.57. The number of nitriles is 1. The Kier molecular flexibility index (Phi) is 4.25. The Morgan fingerprint density at radius 2 is 2.24 bits per heavy atom. The summed E-state index contributed by atoms with van der Waals surface area (Å²) in [7, 11) is -2.96. The van der Waals surface area contributed by atoms with Crippen molar-refractivity contribution in [3.05, 3.63) is 29.6 Å². The molecule has 21 heavy (non-hydrogen) atoms. The van der Waals surface area contributed by atoms with E-state index in [1.165, 1.54) is 13.2 Å².